The third-order valence-electron chi connectivity index (χ3n) is 1.24. The molecule has 0 aromatic carbocycles. The van der Waals surface area contributed by atoms with Crippen LogP contribution < -0.4 is 5.32 Å². The van der Waals surface area contributed by atoms with E-state index in [-0.39, 0.29) is 0 Å². The van der Waals surface area contributed by atoms with Crippen molar-refractivity contribution in [1.29, 1.82) is 0 Å². The van der Waals surface area contributed by atoms with Gasteiger partial charge in [-0.25, -0.2) is 0 Å². The molecule has 0 radical (unpaired) electrons. The van der Waals surface area contributed by atoms with Gasteiger partial charge in [0.15, 0.2) is 0 Å². The van der Waals surface area contributed by atoms with Gasteiger partial charge in [-0.15, -0.1) is 0 Å². The van der Waals surface area contributed by atoms with Gasteiger partial charge in [-0.2, -0.15) is 11.3 Å². The summed E-state index contributed by atoms with van der Waals surface area (Å²) < 4.78 is 0. The average Bonchev–Trinajstić information content (AvgIpc) is 2.34. The van der Waals surface area contributed by atoms with Crippen molar-refractivity contribution in [3.8, 4) is 0 Å². The molecule has 0 aliphatic carbocycles. The van der Waals surface area contributed by atoms with Crippen LogP contribution >= 0.6 is 11.3 Å². The number of thiophene rings is 1. The highest BCUT2D eigenvalue weighted by Gasteiger charge is 1.93. The number of rotatable bonds is 3. The Kier molecular flexibility index (Phi) is 2.75. The summed E-state index contributed by atoms with van der Waals surface area (Å²) in [5.74, 6) is 0.722. The smallest absolute Gasteiger partial charge is 0.0448 e. The Balaban J connectivity index is 2.28. The molecule has 56 valence electrons. The second kappa shape index (κ2) is 3.62. The van der Waals surface area contributed by atoms with Crippen LogP contribution in [-0.4, -0.2) is 6.54 Å². The summed E-state index contributed by atoms with van der Waals surface area (Å²) in [5, 5.41) is 7.55. The molecule has 0 amide bonds. The van der Waals surface area contributed by atoms with Crippen molar-refractivity contribution in [1.82, 2.24) is 0 Å². The summed E-state index contributed by atoms with van der Waals surface area (Å²) >= 11 is 1.73. The van der Waals surface area contributed by atoms with Gasteiger partial charge in [-0.3, -0.25) is 0 Å². The Morgan fingerprint density at radius 3 is 2.90 bits per heavy atom. The van der Waals surface area contributed by atoms with E-state index >= 15 is 0 Å². The first-order valence-corrected chi connectivity index (χ1v) is 4.49. The first kappa shape index (κ1) is 7.61. The van der Waals surface area contributed by atoms with Gasteiger partial charge in [0.05, 0.1) is 0 Å². The highest BCUT2D eigenvalue weighted by molar-refractivity contribution is 7.08. The summed E-state index contributed by atoms with van der Waals surface area (Å²) in [7, 11) is 0. The van der Waals surface area contributed by atoms with E-state index in [1.807, 2.05) is 0 Å². The van der Waals surface area contributed by atoms with Crippen molar-refractivity contribution in [3.05, 3.63) is 16.8 Å². The van der Waals surface area contributed by atoms with Crippen molar-refractivity contribution in [2.24, 2.45) is 5.92 Å². The zero-order valence-electron chi connectivity index (χ0n) is 6.42. The van der Waals surface area contributed by atoms with Crippen molar-refractivity contribution in [2.45, 2.75) is 13.8 Å². The van der Waals surface area contributed by atoms with Crippen molar-refractivity contribution in [3.63, 3.8) is 0 Å². The fraction of sp³-hybridized carbons (Fsp3) is 0.500. The summed E-state index contributed by atoms with van der Waals surface area (Å²) in [4.78, 5) is 0. The Labute approximate surface area is 66.1 Å². The number of hydrogen-bond donors (Lipinski definition) is 1. The highest BCUT2D eigenvalue weighted by atomic mass is 32.1. The summed E-state index contributed by atoms with van der Waals surface area (Å²) in [5.41, 5.74) is 1.25. The van der Waals surface area contributed by atoms with Gasteiger partial charge >= 0.3 is 0 Å². The lowest BCUT2D eigenvalue weighted by Gasteiger charge is -2.05. The molecule has 0 fully saturated rings. The van der Waals surface area contributed by atoms with E-state index in [2.05, 4.69) is 36.0 Å². The van der Waals surface area contributed by atoms with E-state index in [0.29, 0.717) is 0 Å². The summed E-state index contributed by atoms with van der Waals surface area (Å²) in [6, 6.07) is 2.10. The molecule has 0 atom stereocenters. The van der Waals surface area contributed by atoms with Crippen LogP contribution in [0.5, 0.6) is 0 Å². The van der Waals surface area contributed by atoms with E-state index in [1.54, 1.807) is 11.3 Å². The zero-order valence-corrected chi connectivity index (χ0v) is 7.24. The maximum absolute atomic E-state index is 3.33. The predicted molar refractivity (Wildman–Crippen MR) is 47.6 cm³/mol. The van der Waals surface area contributed by atoms with Gasteiger partial charge in [0.25, 0.3) is 0 Å². The first-order chi connectivity index (χ1) is 4.79. The van der Waals surface area contributed by atoms with Crippen LogP contribution in [0.2, 0.25) is 0 Å². The Hall–Kier alpha value is -0.500. The normalized spacial score (nSPS) is 10.3. The fourth-order valence-corrected chi connectivity index (χ4v) is 1.30. The summed E-state index contributed by atoms with van der Waals surface area (Å²) in [6.45, 7) is 5.48. The standard InChI is InChI=1S/C8H13NS/c1-7(2)5-9-8-3-4-10-6-8/h3-4,6-7,9H,5H2,1-2H3. The predicted octanol–water partition coefficient (Wildman–Crippen LogP) is 2.82. The quantitative estimate of drug-likeness (QED) is 0.707. The largest absolute Gasteiger partial charge is 0.384 e. The fourth-order valence-electron chi connectivity index (χ4n) is 0.687. The molecule has 0 unspecified atom stereocenters. The lowest BCUT2D eigenvalue weighted by atomic mass is 10.2. The molecule has 0 saturated carbocycles. The second-order valence-electron chi connectivity index (χ2n) is 2.79. The zero-order chi connectivity index (χ0) is 7.40. The topological polar surface area (TPSA) is 12.0 Å². The lowest BCUT2D eigenvalue weighted by molar-refractivity contribution is 0.689. The third kappa shape index (κ3) is 2.40. The molecular weight excluding hydrogens is 142 g/mol. The van der Waals surface area contributed by atoms with Gasteiger partial charge < -0.3 is 5.32 Å². The number of anilines is 1. The maximum atomic E-state index is 3.33. The van der Waals surface area contributed by atoms with Crippen molar-refractivity contribution in [2.75, 3.05) is 11.9 Å². The van der Waals surface area contributed by atoms with E-state index in [4.69, 9.17) is 0 Å². The SMILES string of the molecule is CC(C)CNc1ccsc1. The van der Waals surface area contributed by atoms with Crippen LogP contribution in [0.4, 0.5) is 5.69 Å². The minimum Gasteiger partial charge on any atom is -0.384 e. The van der Waals surface area contributed by atoms with Crippen LogP contribution in [0.3, 0.4) is 0 Å². The van der Waals surface area contributed by atoms with Crippen LogP contribution in [0.1, 0.15) is 13.8 Å². The Morgan fingerprint density at radius 2 is 2.40 bits per heavy atom. The van der Waals surface area contributed by atoms with E-state index in [0.717, 1.165) is 12.5 Å². The molecule has 1 N–H and O–H groups in total. The van der Waals surface area contributed by atoms with Gasteiger partial charge in [0, 0.05) is 17.6 Å². The minimum absolute atomic E-state index is 0.722. The molecule has 1 rings (SSSR count). The van der Waals surface area contributed by atoms with E-state index in [9.17, 15) is 0 Å². The molecular formula is C8H13NS. The second-order valence-corrected chi connectivity index (χ2v) is 3.57. The van der Waals surface area contributed by atoms with Gasteiger partial charge in [-0.1, -0.05) is 13.8 Å². The molecule has 1 aromatic heterocycles. The van der Waals surface area contributed by atoms with Crippen molar-refractivity contribution < 1.29 is 0 Å². The van der Waals surface area contributed by atoms with Gasteiger partial charge in [0.2, 0.25) is 0 Å². The molecule has 0 bridgehead atoms. The maximum Gasteiger partial charge on any atom is 0.0448 e. The summed E-state index contributed by atoms with van der Waals surface area (Å²) in [6.07, 6.45) is 0. The Bertz CT molecular complexity index is 167. The highest BCUT2D eigenvalue weighted by Crippen LogP contribution is 2.11. The van der Waals surface area contributed by atoms with E-state index < -0.39 is 0 Å². The monoisotopic (exact) mass is 155 g/mol. The molecule has 10 heavy (non-hydrogen) atoms. The molecule has 1 heterocycles. The lowest BCUT2D eigenvalue weighted by Crippen LogP contribution is -2.06. The molecule has 1 nitrogen and oxygen atoms in total. The minimum atomic E-state index is 0.722. The third-order valence-corrected chi connectivity index (χ3v) is 1.92. The molecule has 1 aromatic rings. The molecule has 0 aliphatic rings. The molecule has 0 saturated heterocycles. The molecule has 0 spiro atoms. The average molecular weight is 155 g/mol. The van der Waals surface area contributed by atoms with Crippen molar-refractivity contribution >= 4 is 17.0 Å². The molecule has 2 heteroatoms. The Morgan fingerprint density at radius 1 is 1.60 bits per heavy atom. The van der Waals surface area contributed by atoms with Gasteiger partial charge in [0.1, 0.15) is 0 Å². The first-order valence-electron chi connectivity index (χ1n) is 3.55. The molecule has 0 aliphatic heterocycles. The van der Waals surface area contributed by atoms with E-state index in [1.165, 1.54) is 5.69 Å². The number of hydrogen-bond acceptors (Lipinski definition) is 2. The van der Waals surface area contributed by atoms with Crippen LogP contribution in [0.15, 0.2) is 16.8 Å². The van der Waals surface area contributed by atoms with Crippen LogP contribution in [-0.2, 0) is 0 Å². The number of nitrogens with one attached hydrogen (secondary N) is 1. The van der Waals surface area contributed by atoms with Crippen LogP contribution in [0, 0.1) is 5.92 Å². The van der Waals surface area contributed by atoms with Crippen LogP contribution in [0.25, 0.3) is 0 Å². The van der Waals surface area contributed by atoms with Gasteiger partial charge in [-0.05, 0) is 17.4 Å².